The average molecular weight is 407 g/mol. The van der Waals surface area contributed by atoms with Crippen LogP contribution in [0.5, 0.6) is 17.2 Å². The molecule has 2 N–H and O–H groups in total. The number of hydrogen-bond donors (Lipinski definition) is 2. The molecule has 4 atom stereocenters. The quantitative estimate of drug-likeness (QED) is 0.692. The first-order valence-electron chi connectivity index (χ1n) is 10.6. The Bertz CT molecular complexity index is 1070. The number of aromatic nitrogens is 2. The van der Waals surface area contributed by atoms with Gasteiger partial charge in [0.1, 0.15) is 11.9 Å². The van der Waals surface area contributed by atoms with Gasteiger partial charge in [-0.3, -0.25) is 10.00 Å². The molecule has 1 aliphatic carbocycles. The van der Waals surface area contributed by atoms with E-state index in [0.717, 1.165) is 54.9 Å². The molecule has 1 saturated heterocycles. The Kier molecular flexibility index (Phi) is 4.32. The third-order valence-corrected chi connectivity index (χ3v) is 6.70. The van der Waals surface area contributed by atoms with E-state index in [0.29, 0.717) is 17.6 Å². The van der Waals surface area contributed by atoms with Crippen LogP contribution >= 0.6 is 0 Å². The summed E-state index contributed by atoms with van der Waals surface area (Å²) in [5.41, 5.74) is 2.37. The maximum atomic E-state index is 10.7. The Balaban J connectivity index is 1.11. The van der Waals surface area contributed by atoms with Gasteiger partial charge in [0.15, 0.2) is 11.5 Å². The standard InChI is InChI=1S/C23H25N3O4/c27-20-6-16-11-26(10-14-1-2-15-9-24-25-19(15)5-14)12-17(16)7-22(20)30-18-3-4-21-23(8-18)29-13-28-21/h1-5,8-9,16-17,20,22,27H,6-7,10-13H2,(H,24,25)/t16-,17+,20+,22+/m0/s1. The number of aliphatic hydroxyl groups is 1. The van der Waals surface area contributed by atoms with Crippen LogP contribution in [0.1, 0.15) is 18.4 Å². The molecule has 30 heavy (non-hydrogen) atoms. The van der Waals surface area contributed by atoms with Crippen molar-refractivity contribution < 1.29 is 19.3 Å². The zero-order chi connectivity index (χ0) is 20.1. The second kappa shape index (κ2) is 7.18. The van der Waals surface area contributed by atoms with Gasteiger partial charge < -0.3 is 19.3 Å². The van der Waals surface area contributed by atoms with Crippen molar-refractivity contribution in [2.24, 2.45) is 11.8 Å². The number of fused-ring (bicyclic) bond motifs is 3. The SMILES string of the molecule is O[C@@H]1C[C@H]2CN(Cc3ccc4cn[nH]c4c3)C[C@H]2C[C@H]1Oc1ccc2c(c1)OCO2. The predicted octanol–water partition coefficient (Wildman–Crippen LogP) is 2.94. The van der Waals surface area contributed by atoms with Gasteiger partial charge in [0, 0.05) is 31.1 Å². The minimum absolute atomic E-state index is 0.187. The van der Waals surface area contributed by atoms with Crippen molar-refractivity contribution >= 4 is 10.9 Å². The second-order valence-corrected chi connectivity index (χ2v) is 8.72. The highest BCUT2D eigenvalue weighted by Gasteiger charge is 2.42. The van der Waals surface area contributed by atoms with E-state index < -0.39 is 6.10 Å². The predicted molar refractivity (Wildman–Crippen MR) is 111 cm³/mol. The van der Waals surface area contributed by atoms with Crippen molar-refractivity contribution in [3.05, 3.63) is 48.2 Å². The molecule has 3 heterocycles. The molecule has 1 aromatic heterocycles. The zero-order valence-corrected chi connectivity index (χ0v) is 16.7. The Labute approximate surface area is 174 Å². The van der Waals surface area contributed by atoms with Gasteiger partial charge >= 0.3 is 0 Å². The summed E-state index contributed by atoms with van der Waals surface area (Å²) in [4.78, 5) is 2.50. The summed E-state index contributed by atoms with van der Waals surface area (Å²) in [6.07, 6.45) is 2.88. The van der Waals surface area contributed by atoms with Crippen molar-refractivity contribution in [1.82, 2.24) is 15.1 Å². The van der Waals surface area contributed by atoms with Crippen molar-refractivity contribution in [3.63, 3.8) is 0 Å². The minimum Gasteiger partial charge on any atom is -0.488 e. The van der Waals surface area contributed by atoms with E-state index in [1.165, 1.54) is 5.56 Å². The maximum Gasteiger partial charge on any atom is 0.231 e. The van der Waals surface area contributed by atoms with E-state index in [-0.39, 0.29) is 12.9 Å². The van der Waals surface area contributed by atoms with Gasteiger partial charge in [-0.15, -0.1) is 0 Å². The van der Waals surface area contributed by atoms with E-state index in [9.17, 15) is 5.11 Å². The Morgan fingerprint density at radius 2 is 1.93 bits per heavy atom. The number of H-pyrrole nitrogens is 1. The summed E-state index contributed by atoms with van der Waals surface area (Å²) >= 11 is 0. The highest BCUT2D eigenvalue weighted by Crippen LogP contribution is 2.40. The summed E-state index contributed by atoms with van der Waals surface area (Å²) in [7, 11) is 0. The summed E-state index contributed by atoms with van der Waals surface area (Å²) < 4.78 is 17.0. The van der Waals surface area contributed by atoms with Crippen LogP contribution in [0.15, 0.2) is 42.6 Å². The third-order valence-electron chi connectivity index (χ3n) is 6.70. The minimum atomic E-state index is -0.446. The zero-order valence-electron chi connectivity index (χ0n) is 16.7. The number of nitrogens with one attached hydrogen (secondary N) is 1. The molecule has 7 nitrogen and oxygen atoms in total. The Morgan fingerprint density at radius 3 is 2.87 bits per heavy atom. The molecule has 6 rings (SSSR count). The van der Waals surface area contributed by atoms with Gasteiger partial charge in [-0.05, 0) is 48.4 Å². The molecule has 0 spiro atoms. The van der Waals surface area contributed by atoms with Crippen molar-refractivity contribution in [1.29, 1.82) is 0 Å². The van der Waals surface area contributed by atoms with E-state index in [1.807, 2.05) is 24.4 Å². The number of benzene rings is 2. The molecule has 0 bridgehead atoms. The molecule has 3 aromatic rings. The molecule has 0 radical (unpaired) electrons. The van der Waals surface area contributed by atoms with Gasteiger partial charge in [0.2, 0.25) is 6.79 Å². The largest absolute Gasteiger partial charge is 0.488 e. The van der Waals surface area contributed by atoms with Gasteiger partial charge in [-0.1, -0.05) is 12.1 Å². The fourth-order valence-electron chi connectivity index (χ4n) is 5.21. The monoisotopic (exact) mass is 407 g/mol. The van der Waals surface area contributed by atoms with Gasteiger partial charge in [0.25, 0.3) is 0 Å². The summed E-state index contributed by atoms with van der Waals surface area (Å²) in [6, 6.07) is 12.1. The van der Waals surface area contributed by atoms with Gasteiger partial charge in [-0.25, -0.2) is 0 Å². The van der Waals surface area contributed by atoms with Crippen LogP contribution in [0.3, 0.4) is 0 Å². The Morgan fingerprint density at radius 1 is 1.07 bits per heavy atom. The average Bonchev–Trinajstić information content (AvgIpc) is 3.46. The van der Waals surface area contributed by atoms with Crippen LogP contribution in [-0.4, -0.2) is 52.3 Å². The molecular formula is C23H25N3O4. The topological polar surface area (TPSA) is 79.8 Å². The van der Waals surface area contributed by atoms with Crippen molar-refractivity contribution in [2.75, 3.05) is 19.9 Å². The summed E-state index contributed by atoms with van der Waals surface area (Å²) in [5.74, 6) is 3.24. The van der Waals surface area contributed by atoms with Crippen molar-refractivity contribution in [2.45, 2.75) is 31.6 Å². The molecule has 0 amide bonds. The third kappa shape index (κ3) is 3.28. The van der Waals surface area contributed by atoms with E-state index in [1.54, 1.807) is 0 Å². The Hall–Kier alpha value is -2.77. The first-order valence-corrected chi connectivity index (χ1v) is 10.6. The first kappa shape index (κ1) is 18.0. The lowest BCUT2D eigenvalue weighted by Crippen LogP contribution is -2.42. The van der Waals surface area contributed by atoms with Crippen LogP contribution in [0, 0.1) is 11.8 Å². The van der Waals surface area contributed by atoms with Crippen LogP contribution in [-0.2, 0) is 6.54 Å². The number of ether oxygens (including phenoxy) is 3. The lowest BCUT2D eigenvalue weighted by molar-refractivity contribution is -0.0232. The van der Waals surface area contributed by atoms with E-state index in [2.05, 4.69) is 33.3 Å². The first-order chi connectivity index (χ1) is 14.7. The molecule has 2 aliphatic heterocycles. The summed E-state index contributed by atoms with van der Waals surface area (Å²) in [5, 5.41) is 19.0. The number of aromatic amines is 1. The molecule has 3 aliphatic rings. The van der Waals surface area contributed by atoms with Crippen molar-refractivity contribution in [3.8, 4) is 17.2 Å². The van der Waals surface area contributed by atoms with E-state index >= 15 is 0 Å². The normalized spacial score (nSPS) is 28.0. The second-order valence-electron chi connectivity index (χ2n) is 8.72. The molecule has 156 valence electrons. The fraction of sp³-hybridized carbons (Fsp3) is 0.435. The van der Waals surface area contributed by atoms with Crippen LogP contribution in [0.25, 0.3) is 10.9 Å². The molecule has 1 saturated carbocycles. The van der Waals surface area contributed by atoms with Crippen LogP contribution < -0.4 is 14.2 Å². The number of rotatable bonds is 4. The molecule has 2 fully saturated rings. The lowest BCUT2D eigenvalue weighted by Gasteiger charge is -2.35. The highest BCUT2D eigenvalue weighted by atomic mass is 16.7. The number of likely N-dealkylation sites (tertiary alicyclic amines) is 1. The molecule has 0 unspecified atom stereocenters. The van der Waals surface area contributed by atoms with Crippen LogP contribution in [0.2, 0.25) is 0 Å². The van der Waals surface area contributed by atoms with E-state index in [4.69, 9.17) is 14.2 Å². The molecular weight excluding hydrogens is 382 g/mol. The highest BCUT2D eigenvalue weighted by molar-refractivity contribution is 5.78. The van der Waals surface area contributed by atoms with Gasteiger partial charge in [0.05, 0.1) is 17.8 Å². The lowest BCUT2D eigenvalue weighted by atomic mass is 9.78. The number of nitrogens with zero attached hydrogens (tertiary/aromatic N) is 2. The molecule has 2 aromatic carbocycles. The summed E-state index contributed by atoms with van der Waals surface area (Å²) in [6.45, 7) is 3.24. The number of aliphatic hydroxyl groups excluding tert-OH is 1. The fourth-order valence-corrected chi connectivity index (χ4v) is 5.21. The van der Waals surface area contributed by atoms with Crippen LogP contribution in [0.4, 0.5) is 0 Å². The smallest absolute Gasteiger partial charge is 0.231 e. The number of hydrogen-bond acceptors (Lipinski definition) is 6. The van der Waals surface area contributed by atoms with Gasteiger partial charge in [-0.2, -0.15) is 5.10 Å². The molecule has 7 heteroatoms. The maximum absolute atomic E-state index is 10.7.